The molecule has 2 N–H and O–H groups in total. The lowest BCUT2D eigenvalue weighted by Crippen LogP contribution is -2.47. The largest absolute Gasteiger partial charge is 0.463 e. The number of hydrogen-bond donors (Lipinski definition) is 2. The predicted octanol–water partition coefficient (Wildman–Crippen LogP) is 3.73. The summed E-state index contributed by atoms with van der Waals surface area (Å²) in [6, 6.07) is 11.1. The molecule has 1 aliphatic rings. The van der Waals surface area contributed by atoms with E-state index in [9.17, 15) is 27.6 Å². The first-order chi connectivity index (χ1) is 15.2. The molecule has 2 amide bonds. The van der Waals surface area contributed by atoms with E-state index in [2.05, 4.69) is 10.6 Å². The molecule has 1 atom stereocenters. The van der Waals surface area contributed by atoms with Gasteiger partial charge in [0.15, 0.2) is 0 Å². The van der Waals surface area contributed by atoms with E-state index in [-0.39, 0.29) is 17.9 Å². The van der Waals surface area contributed by atoms with Crippen molar-refractivity contribution in [2.24, 2.45) is 0 Å². The van der Waals surface area contributed by atoms with Crippen molar-refractivity contribution < 1.29 is 37.0 Å². The van der Waals surface area contributed by atoms with Gasteiger partial charge in [-0.25, -0.2) is 14.4 Å². The topological polar surface area (TPSA) is 93.7 Å². The van der Waals surface area contributed by atoms with Gasteiger partial charge in [-0.05, 0) is 24.6 Å². The first kappa shape index (κ1) is 22.9. The van der Waals surface area contributed by atoms with Crippen LogP contribution in [0.25, 0.3) is 0 Å². The van der Waals surface area contributed by atoms with Crippen LogP contribution in [-0.4, -0.2) is 31.2 Å². The molecule has 3 rings (SSSR count). The fourth-order valence-electron chi connectivity index (χ4n) is 3.20. The summed E-state index contributed by atoms with van der Waals surface area (Å²) in [5.74, 6) is -2.02. The number of alkyl halides is 3. The Balaban J connectivity index is 1.94. The first-order valence-electron chi connectivity index (χ1n) is 9.58. The van der Waals surface area contributed by atoms with Gasteiger partial charge in [-0.15, -0.1) is 0 Å². The highest BCUT2D eigenvalue weighted by Crippen LogP contribution is 2.32. The molecule has 168 valence electrons. The number of benzene rings is 2. The molecule has 1 aliphatic heterocycles. The average molecular weight is 448 g/mol. The fourth-order valence-corrected chi connectivity index (χ4v) is 3.20. The van der Waals surface area contributed by atoms with Gasteiger partial charge in [0.25, 0.3) is 0 Å². The van der Waals surface area contributed by atoms with Crippen LogP contribution in [0.4, 0.5) is 18.0 Å². The molecule has 2 aromatic carbocycles. The summed E-state index contributed by atoms with van der Waals surface area (Å²) < 4.78 is 49.7. The molecule has 0 radical (unpaired) electrons. The molecule has 10 heteroatoms. The second kappa shape index (κ2) is 9.54. The van der Waals surface area contributed by atoms with Crippen molar-refractivity contribution in [3.05, 3.63) is 82.6 Å². The van der Waals surface area contributed by atoms with Gasteiger partial charge in [0.05, 0.1) is 35.0 Å². The van der Waals surface area contributed by atoms with Crippen LogP contribution in [0.1, 0.15) is 34.5 Å². The van der Waals surface area contributed by atoms with Crippen LogP contribution in [0.15, 0.2) is 65.9 Å². The molecule has 32 heavy (non-hydrogen) atoms. The van der Waals surface area contributed by atoms with E-state index in [0.717, 1.165) is 18.2 Å². The van der Waals surface area contributed by atoms with Gasteiger partial charge in [0.2, 0.25) is 0 Å². The van der Waals surface area contributed by atoms with Gasteiger partial charge in [-0.3, -0.25) is 0 Å². The molecule has 0 aromatic heterocycles. The van der Waals surface area contributed by atoms with Gasteiger partial charge < -0.3 is 20.1 Å². The van der Waals surface area contributed by atoms with Crippen LogP contribution in [0.3, 0.4) is 0 Å². The highest BCUT2D eigenvalue weighted by atomic mass is 19.4. The normalized spacial score (nSPS) is 16.1. The Labute approximate surface area is 181 Å². The Morgan fingerprint density at radius 1 is 0.969 bits per heavy atom. The highest BCUT2D eigenvalue weighted by Gasteiger charge is 2.37. The molecular formula is C22H19F3N2O5. The molecule has 0 bridgehead atoms. The molecule has 2 aromatic rings. The fraction of sp³-hybridized carbons (Fsp3) is 0.227. The van der Waals surface area contributed by atoms with E-state index in [1.165, 1.54) is 6.07 Å². The Morgan fingerprint density at radius 3 is 2.28 bits per heavy atom. The summed E-state index contributed by atoms with van der Waals surface area (Å²) in [4.78, 5) is 37.2. The van der Waals surface area contributed by atoms with Crippen LogP contribution < -0.4 is 10.6 Å². The van der Waals surface area contributed by atoms with E-state index in [1.54, 1.807) is 37.3 Å². The zero-order valence-electron chi connectivity index (χ0n) is 16.9. The number of nitrogens with one attached hydrogen (secondary N) is 2. The molecule has 0 fully saturated rings. The third kappa shape index (κ3) is 5.08. The maximum absolute atomic E-state index is 13.2. The van der Waals surface area contributed by atoms with E-state index < -0.39 is 47.9 Å². The number of ether oxygens (including phenoxy) is 2. The number of carbonyl (C=O) groups excluding carboxylic acids is 3. The van der Waals surface area contributed by atoms with Gasteiger partial charge >= 0.3 is 24.1 Å². The van der Waals surface area contributed by atoms with E-state index in [0.29, 0.717) is 5.56 Å². The number of rotatable bonds is 6. The van der Waals surface area contributed by atoms with Crippen molar-refractivity contribution in [1.82, 2.24) is 10.6 Å². The number of esters is 2. The van der Waals surface area contributed by atoms with Crippen molar-refractivity contribution in [1.29, 1.82) is 0 Å². The molecule has 1 heterocycles. The third-order valence-corrected chi connectivity index (χ3v) is 4.58. The average Bonchev–Trinajstić information content (AvgIpc) is 2.77. The number of halogens is 3. The smallest absolute Gasteiger partial charge is 0.417 e. The Morgan fingerprint density at radius 2 is 1.62 bits per heavy atom. The highest BCUT2D eigenvalue weighted by molar-refractivity contribution is 5.95. The predicted molar refractivity (Wildman–Crippen MR) is 106 cm³/mol. The second-order valence-electron chi connectivity index (χ2n) is 6.67. The van der Waals surface area contributed by atoms with Crippen molar-refractivity contribution in [2.45, 2.75) is 19.1 Å². The van der Waals surface area contributed by atoms with Crippen molar-refractivity contribution in [2.75, 3.05) is 13.2 Å². The van der Waals surface area contributed by atoms with E-state index in [4.69, 9.17) is 9.47 Å². The monoisotopic (exact) mass is 448 g/mol. The first-order valence-corrected chi connectivity index (χ1v) is 9.58. The molecule has 1 unspecified atom stereocenters. The van der Waals surface area contributed by atoms with Crippen LogP contribution in [0.2, 0.25) is 0 Å². The summed E-state index contributed by atoms with van der Waals surface area (Å²) in [5.41, 5.74) is -1.37. The van der Waals surface area contributed by atoms with Crippen molar-refractivity contribution in [3.8, 4) is 0 Å². The summed E-state index contributed by atoms with van der Waals surface area (Å²) in [6.45, 7) is 0.998. The zero-order valence-corrected chi connectivity index (χ0v) is 16.9. The Bertz CT molecular complexity index is 1050. The van der Waals surface area contributed by atoms with Gasteiger partial charge in [0, 0.05) is 0 Å². The quantitative estimate of drug-likeness (QED) is 0.657. The Kier molecular flexibility index (Phi) is 6.82. The lowest BCUT2D eigenvalue weighted by molar-refractivity contribution is -0.139. The maximum atomic E-state index is 13.2. The number of hydrogen-bond acceptors (Lipinski definition) is 5. The lowest BCUT2D eigenvalue weighted by Gasteiger charge is -2.29. The van der Waals surface area contributed by atoms with Crippen molar-refractivity contribution in [3.63, 3.8) is 0 Å². The molecule has 0 spiro atoms. The van der Waals surface area contributed by atoms with Crippen LogP contribution >= 0.6 is 0 Å². The maximum Gasteiger partial charge on any atom is 0.417 e. The zero-order chi connectivity index (χ0) is 23.3. The second-order valence-corrected chi connectivity index (χ2v) is 6.67. The molecule has 7 nitrogen and oxygen atoms in total. The summed E-state index contributed by atoms with van der Waals surface area (Å²) >= 11 is 0. The standard InChI is InChI=1S/C22H19F3N2O5/c1-2-31-20(29)17-16(26-21(30)27-18(17)13-8-4-3-5-9-13)12-32-19(28)14-10-6-7-11-15(14)22(23,24)25/h3-11,18H,2,12H2,1H3,(H2,26,27,30). The van der Waals surface area contributed by atoms with Crippen molar-refractivity contribution >= 4 is 18.0 Å². The number of carbonyl (C=O) groups is 3. The van der Waals surface area contributed by atoms with Crippen LogP contribution in [-0.2, 0) is 20.4 Å². The third-order valence-electron chi connectivity index (χ3n) is 4.58. The number of urea groups is 1. The van der Waals surface area contributed by atoms with Crippen LogP contribution in [0.5, 0.6) is 0 Å². The lowest BCUT2D eigenvalue weighted by atomic mass is 9.95. The molecule has 0 saturated carbocycles. The van der Waals surface area contributed by atoms with E-state index >= 15 is 0 Å². The summed E-state index contributed by atoms with van der Waals surface area (Å²) in [7, 11) is 0. The summed E-state index contributed by atoms with van der Waals surface area (Å²) in [6.07, 6.45) is -4.76. The SMILES string of the molecule is CCOC(=O)C1=C(COC(=O)c2ccccc2C(F)(F)F)NC(=O)NC1c1ccccc1. The van der Waals surface area contributed by atoms with Gasteiger partial charge in [-0.2, -0.15) is 13.2 Å². The minimum Gasteiger partial charge on any atom is -0.463 e. The van der Waals surface area contributed by atoms with E-state index in [1.807, 2.05) is 0 Å². The molecule has 0 saturated heterocycles. The summed E-state index contributed by atoms with van der Waals surface area (Å²) in [5, 5.41) is 4.99. The number of amides is 2. The van der Waals surface area contributed by atoms with Gasteiger partial charge in [0.1, 0.15) is 6.61 Å². The van der Waals surface area contributed by atoms with Crippen LogP contribution in [0, 0.1) is 0 Å². The molecular weight excluding hydrogens is 429 g/mol. The van der Waals surface area contributed by atoms with Gasteiger partial charge in [-0.1, -0.05) is 42.5 Å². The Hall–Kier alpha value is -3.82. The minimum atomic E-state index is -4.76. The minimum absolute atomic E-state index is 0.0189. The molecule has 0 aliphatic carbocycles.